The molecule has 192 valence electrons. The summed E-state index contributed by atoms with van der Waals surface area (Å²) < 4.78 is 50.5. The van der Waals surface area contributed by atoms with E-state index in [-0.39, 0.29) is 24.4 Å². The lowest BCUT2D eigenvalue weighted by atomic mass is 10.5. The van der Waals surface area contributed by atoms with E-state index in [0.717, 1.165) is 0 Å². The van der Waals surface area contributed by atoms with Gasteiger partial charge in [0.05, 0.1) is 0 Å². The van der Waals surface area contributed by atoms with Crippen LogP contribution in [0, 0.1) is 0 Å². The maximum Gasteiger partial charge on any atom is 0.482 e. The van der Waals surface area contributed by atoms with Gasteiger partial charge in [0, 0.05) is 50.6 Å². The highest BCUT2D eigenvalue weighted by Gasteiger charge is 2.57. The van der Waals surface area contributed by atoms with Crippen molar-refractivity contribution in [2.24, 2.45) is 9.32 Å². The molecule has 0 aromatic carbocycles. The van der Waals surface area contributed by atoms with Crippen molar-refractivity contribution in [3.63, 3.8) is 0 Å². The van der Waals surface area contributed by atoms with Gasteiger partial charge in [0.25, 0.3) is 0 Å². The maximum atomic E-state index is 11.1. The Balaban J connectivity index is 6.36. The topological polar surface area (TPSA) is 123 Å². The fourth-order valence-corrected chi connectivity index (χ4v) is 17.9. The number of rotatable bonds is 16. The van der Waals surface area contributed by atoms with Crippen LogP contribution >= 0.6 is 0 Å². The Kier molecular flexibility index (Phi) is 13.2. The van der Waals surface area contributed by atoms with Gasteiger partial charge in [-0.3, -0.25) is 0 Å². The van der Waals surface area contributed by atoms with E-state index >= 15 is 0 Å². The minimum absolute atomic E-state index is 0.264. The molecule has 0 N–H and O–H groups in total. The fourth-order valence-electron chi connectivity index (χ4n) is 3.21. The minimum Gasteiger partial charge on any atom is -0.376 e. The molecule has 0 fully saturated rings. The zero-order valence-corrected chi connectivity index (χ0v) is 25.9. The van der Waals surface area contributed by atoms with Crippen molar-refractivity contribution in [3.05, 3.63) is 0 Å². The van der Waals surface area contributed by atoms with E-state index in [2.05, 4.69) is 9.32 Å². The van der Waals surface area contributed by atoms with Gasteiger partial charge in [-0.2, -0.15) is 9.32 Å². The Hall–Kier alpha value is -0.652. The molecule has 4 unspecified atom stereocenters. The smallest absolute Gasteiger partial charge is 0.376 e. The minimum atomic E-state index is -3.61. The third-order valence-corrected chi connectivity index (χ3v) is 17.0. The van der Waals surface area contributed by atoms with Crippen LogP contribution in [0.25, 0.3) is 0 Å². The molecule has 0 aromatic heterocycles. The molecule has 0 aromatic rings. The van der Waals surface area contributed by atoms with Crippen LogP contribution in [-0.4, -0.2) is 71.6 Å². The van der Waals surface area contributed by atoms with Gasteiger partial charge in [-0.25, -0.2) is 9.59 Å². The third-order valence-electron chi connectivity index (χ3n) is 3.43. The van der Waals surface area contributed by atoms with Crippen molar-refractivity contribution in [1.29, 1.82) is 0 Å². The molecular weight excluding hydrogens is 501 g/mol. The van der Waals surface area contributed by atoms with E-state index in [4.69, 9.17) is 30.0 Å². The van der Waals surface area contributed by atoms with Crippen molar-refractivity contribution < 1.29 is 39.6 Å². The largest absolute Gasteiger partial charge is 0.482 e. The molecule has 0 radical (unpaired) electrons. The SMILES string of the molecule is CC(C)O[Si](C)(N=C=O)O[Si](C)(OC(C)C)O[Si](C)(OC(C)C)O[Si](C)(N=C=O)OC(C)C. The van der Waals surface area contributed by atoms with Gasteiger partial charge in [0.1, 0.15) is 0 Å². The standard InChI is InChI=1S/C18H40N2O9Si4/c1-15(2)23-30(9,19-13-21)27-32(11,25-17(5)6)29-33(12,26-18(7)8)28-31(10,20-14-22)24-16(3)4/h15-18H,1-12H3. The molecule has 0 amide bonds. The summed E-state index contributed by atoms with van der Waals surface area (Å²) in [5.74, 6) is 0. The molecule has 11 nitrogen and oxygen atoms in total. The maximum absolute atomic E-state index is 11.1. The van der Waals surface area contributed by atoms with Gasteiger partial charge in [-0.15, -0.1) is 0 Å². The molecule has 0 aliphatic rings. The predicted molar refractivity (Wildman–Crippen MR) is 131 cm³/mol. The molecule has 0 aliphatic carbocycles. The molecule has 0 bridgehead atoms. The average Bonchev–Trinajstić information content (AvgIpc) is 2.49. The van der Waals surface area contributed by atoms with E-state index < -0.39 is 35.1 Å². The van der Waals surface area contributed by atoms with E-state index in [1.807, 2.05) is 27.7 Å². The monoisotopic (exact) mass is 540 g/mol. The Bertz CT molecular complexity index is 661. The van der Waals surface area contributed by atoms with E-state index in [9.17, 15) is 9.59 Å². The summed E-state index contributed by atoms with van der Waals surface area (Å²) in [5.41, 5.74) is 0. The van der Waals surface area contributed by atoms with Crippen LogP contribution < -0.4 is 0 Å². The molecule has 0 heterocycles. The zero-order valence-electron chi connectivity index (χ0n) is 21.9. The molecule has 4 atom stereocenters. The van der Waals surface area contributed by atoms with Gasteiger partial charge in [0.2, 0.25) is 12.2 Å². The number of hydrogen-bond acceptors (Lipinski definition) is 11. The average molecular weight is 541 g/mol. The number of nitrogens with zero attached hydrogens (tertiary/aromatic N) is 2. The van der Waals surface area contributed by atoms with Crippen LogP contribution in [-0.2, 0) is 39.6 Å². The van der Waals surface area contributed by atoms with Crippen LogP contribution in [0.15, 0.2) is 9.32 Å². The van der Waals surface area contributed by atoms with Crippen molar-refractivity contribution >= 4 is 47.2 Å². The summed E-state index contributed by atoms with van der Waals surface area (Å²) in [5, 5.41) is 0. The van der Waals surface area contributed by atoms with Crippen molar-refractivity contribution in [1.82, 2.24) is 0 Å². The van der Waals surface area contributed by atoms with Crippen molar-refractivity contribution in [3.8, 4) is 0 Å². The third kappa shape index (κ3) is 13.1. The second-order valence-electron chi connectivity index (χ2n) is 8.90. The molecule has 0 aliphatic heterocycles. The highest BCUT2D eigenvalue weighted by molar-refractivity contribution is 6.84. The normalized spacial score (nSPS) is 19.4. The summed E-state index contributed by atoms with van der Waals surface area (Å²) in [6.45, 7) is 21.0. The number of carbonyl (C=O) groups excluding carboxylic acids is 2. The Labute approximate surface area is 202 Å². The van der Waals surface area contributed by atoms with Crippen LogP contribution in [0.2, 0.25) is 26.2 Å². The fraction of sp³-hybridized carbons (Fsp3) is 0.889. The van der Waals surface area contributed by atoms with Gasteiger partial charge in [-0.05, 0) is 55.4 Å². The van der Waals surface area contributed by atoms with Crippen molar-refractivity contribution in [2.75, 3.05) is 0 Å². The predicted octanol–water partition coefficient (Wildman–Crippen LogP) is 3.68. The highest BCUT2D eigenvalue weighted by Crippen LogP contribution is 2.29. The summed E-state index contributed by atoms with van der Waals surface area (Å²) in [6, 6.07) is 0. The summed E-state index contributed by atoms with van der Waals surface area (Å²) in [4.78, 5) is 22.2. The number of isocyanates is 2. The van der Waals surface area contributed by atoms with E-state index in [0.29, 0.717) is 0 Å². The molecular formula is C18H40N2O9Si4. The van der Waals surface area contributed by atoms with Gasteiger partial charge < -0.3 is 30.0 Å². The molecule has 0 saturated heterocycles. The molecule has 0 rings (SSSR count). The lowest BCUT2D eigenvalue weighted by Gasteiger charge is -2.41. The second kappa shape index (κ2) is 13.4. The first-order valence-corrected chi connectivity index (χ1v) is 19.9. The first-order chi connectivity index (χ1) is 14.9. The molecule has 0 saturated carbocycles. The lowest BCUT2D eigenvalue weighted by molar-refractivity contribution is 0.0486. The Morgan fingerprint density at radius 2 is 0.788 bits per heavy atom. The molecule has 33 heavy (non-hydrogen) atoms. The highest BCUT2D eigenvalue weighted by atomic mass is 28.5. The lowest BCUT2D eigenvalue weighted by Crippen LogP contribution is -2.64. The van der Waals surface area contributed by atoms with E-state index in [1.54, 1.807) is 53.9 Å². The first-order valence-electron chi connectivity index (χ1n) is 10.9. The second-order valence-corrected chi connectivity index (χ2v) is 19.8. The van der Waals surface area contributed by atoms with Crippen molar-refractivity contribution in [2.45, 2.75) is 106 Å². The van der Waals surface area contributed by atoms with Gasteiger partial charge >= 0.3 is 35.1 Å². The molecule has 15 heteroatoms. The Morgan fingerprint density at radius 1 is 0.515 bits per heavy atom. The zero-order chi connectivity index (χ0) is 26.1. The van der Waals surface area contributed by atoms with Gasteiger partial charge in [-0.1, -0.05) is 0 Å². The van der Waals surface area contributed by atoms with Crippen LogP contribution in [0.4, 0.5) is 0 Å². The summed E-state index contributed by atoms with van der Waals surface area (Å²) in [7, 11) is -14.1. The molecule has 0 spiro atoms. The number of hydrogen-bond donors (Lipinski definition) is 0. The van der Waals surface area contributed by atoms with Crippen LogP contribution in [0.1, 0.15) is 55.4 Å². The first kappa shape index (κ1) is 32.3. The Morgan fingerprint density at radius 3 is 1.00 bits per heavy atom. The van der Waals surface area contributed by atoms with Crippen LogP contribution in [0.3, 0.4) is 0 Å². The van der Waals surface area contributed by atoms with Gasteiger partial charge in [0.15, 0.2) is 0 Å². The van der Waals surface area contributed by atoms with E-state index in [1.165, 1.54) is 12.2 Å². The van der Waals surface area contributed by atoms with Crippen LogP contribution in [0.5, 0.6) is 0 Å². The summed E-state index contributed by atoms with van der Waals surface area (Å²) >= 11 is 0. The summed E-state index contributed by atoms with van der Waals surface area (Å²) in [6.07, 6.45) is 1.96. The quantitative estimate of drug-likeness (QED) is 0.164.